The lowest BCUT2D eigenvalue weighted by molar-refractivity contribution is 0.415. The SMILES string of the molecule is CC(NCC(C)(C)C#N)c1ccc2[nH]c(=O)[nH]c2c1. The van der Waals surface area contributed by atoms with Crippen molar-refractivity contribution >= 4 is 11.0 Å². The molecule has 100 valence electrons. The summed E-state index contributed by atoms with van der Waals surface area (Å²) in [6, 6.07) is 8.20. The first kappa shape index (κ1) is 13.4. The molecule has 3 N–H and O–H groups in total. The predicted molar refractivity (Wildman–Crippen MR) is 74.7 cm³/mol. The van der Waals surface area contributed by atoms with Gasteiger partial charge >= 0.3 is 5.69 Å². The number of hydrogen-bond acceptors (Lipinski definition) is 3. The maximum Gasteiger partial charge on any atom is 0.323 e. The zero-order valence-corrected chi connectivity index (χ0v) is 11.4. The number of aromatic amines is 2. The second-order valence-electron chi connectivity index (χ2n) is 5.48. The van der Waals surface area contributed by atoms with Crippen molar-refractivity contribution in [2.24, 2.45) is 5.41 Å². The van der Waals surface area contributed by atoms with Crippen LogP contribution in [-0.2, 0) is 0 Å². The van der Waals surface area contributed by atoms with E-state index in [-0.39, 0.29) is 17.1 Å². The molecule has 2 aromatic rings. The summed E-state index contributed by atoms with van der Waals surface area (Å²) in [7, 11) is 0. The molecule has 0 aliphatic carbocycles. The summed E-state index contributed by atoms with van der Waals surface area (Å²) in [5.74, 6) is 0. The Hall–Kier alpha value is -2.06. The van der Waals surface area contributed by atoms with Crippen LogP contribution in [0.1, 0.15) is 32.4 Å². The third-order valence-corrected chi connectivity index (χ3v) is 3.19. The number of benzene rings is 1. The van der Waals surface area contributed by atoms with Crippen LogP contribution in [-0.4, -0.2) is 16.5 Å². The molecule has 5 nitrogen and oxygen atoms in total. The number of nitrogens with zero attached hydrogens (tertiary/aromatic N) is 1. The van der Waals surface area contributed by atoms with E-state index in [1.165, 1.54) is 0 Å². The zero-order valence-electron chi connectivity index (χ0n) is 11.4. The quantitative estimate of drug-likeness (QED) is 0.784. The lowest BCUT2D eigenvalue weighted by atomic mass is 9.95. The molecule has 1 atom stereocenters. The molecule has 0 saturated heterocycles. The first-order chi connectivity index (χ1) is 8.91. The van der Waals surface area contributed by atoms with Crippen molar-refractivity contribution in [2.75, 3.05) is 6.54 Å². The lowest BCUT2D eigenvalue weighted by Crippen LogP contribution is -2.30. The van der Waals surface area contributed by atoms with Gasteiger partial charge in [0.05, 0.1) is 22.5 Å². The molecule has 0 bridgehead atoms. The van der Waals surface area contributed by atoms with Crippen LogP contribution < -0.4 is 11.0 Å². The number of fused-ring (bicyclic) bond motifs is 1. The normalized spacial score (nSPS) is 13.4. The molecule has 0 radical (unpaired) electrons. The van der Waals surface area contributed by atoms with Gasteiger partial charge in [0, 0.05) is 12.6 Å². The third kappa shape index (κ3) is 3.04. The van der Waals surface area contributed by atoms with Gasteiger partial charge in [0.2, 0.25) is 0 Å². The van der Waals surface area contributed by atoms with Crippen molar-refractivity contribution in [3.63, 3.8) is 0 Å². The Bertz CT molecular complexity index is 675. The van der Waals surface area contributed by atoms with Crippen LogP contribution in [0.5, 0.6) is 0 Å². The summed E-state index contributed by atoms with van der Waals surface area (Å²) < 4.78 is 0. The average molecular weight is 258 g/mol. The van der Waals surface area contributed by atoms with Crippen LogP contribution in [0.15, 0.2) is 23.0 Å². The minimum atomic E-state index is -0.388. The summed E-state index contributed by atoms with van der Waals surface area (Å²) in [5, 5.41) is 12.3. The van der Waals surface area contributed by atoms with Gasteiger partial charge in [0.25, 0.3) is 0 Å². The molecule has 1 heterocycles. The topological polar surface area (TPSA) is 84.5 Å². The molecule has 0 spiro atoms. The Labute approximate surface area is 111 Å². The molecule has 0 fully saturated rings. The number of aromatic nitrogens is 2. The van der Waals surface area contributed by atoms with Gasteiger partial charge in [0.1, 0.15) is 0 Å². The van der Waals surface area contributed by atoms with Crippen molar-refractivity contribution in [3.8, 4) is 6.07 Å². The van der Waals surface area contributed by atoms with Gasteiger partial charge in [-0.1, -0.05) is 6.07 Å². The largest absolute Gasteiger partial charge is 0.323 e. The minimum absolute atomic E-state index is 0.121. The molecule has 0 aliphatic heterocycles. The first-order valence-corrected chi connectivity index (χ1v) is 6.28. The average Bonchev–Trinajstić information content (AvgIpc) is 2.75. The minimum Gasteiger partial charge on any atom is -0.309 e. The lowest BCUT2D eigenvalue weighted by Gasteiger charge is -2.20. The highest BCUT2D eigenvalue weighted by atomic mass is 16.1. The Morgan fingerprint density at radius 2 is 2.05 bits per heavy atom. The number of nitrogens with one attached hydrogen (secondary N) is 3. The highest BCUT2D eigenvalue weighted by Gasteiger charge is 2.18. The molecule has 0 amide bonds. The van der Waals surface area contributed by atoms with E-state index >= 15 is 0 Å². The molecule has 0 saturated carbocycles. The van der Waals surface area contributed by atoms with E-state index in [2.05, 4.69) is 21.4 Å². The molecule has 5 heteroatoms. The number of imidazole rings is 1. The molecule has 1 aromatic carbocycles. The van der Waals surface area contributed by atoms with E-state index in [0.29, 0.717) is 6.54 Å². The van der Waals surface area contributed by atoms with Gasteiger partial charge < -0.3 is 15.3 Å². The number of nitriles is 1. The van der Waals surface area contributed by atoms with Gasteiger partial charge in [0.15, 0.2) is 0 Å². The summed E-state index contributed by atoms with van der Waals surface area (Å²) in [4.78, 5) is 16.7. The van der Waals surface area contributed by atoms with Crippen LogP contribution in [0.4, 0.5) is 0 Å². The van der Waals surface area contributed by atoms with Gasteiger partial charge in [-0.05, 0) is 38.5 Å². The van der Waals surface area contributed by atoms with Crippen molar-refractivity contribution < 1.29 is 0 Å². The standard InChI is InChI=1S/C14H18N4O/c1-9(16-8-14(2,3)7-15)10-4-5-11-12(6-10)18-13(19)17-11/h4-6,9,16H,8H2,1-3H3,(H2,17,18,19). The van der Waals surface area contributed by atoms with Crippen LogP contribution in [0.2, 0.25) is 0 Å². The Kier molecular flexibility index (Phi) is 3.45. The van der Waals surface area contributed by atoms with Crippen molar-refractivity contribution in [3.05, 3.63) is 34.2 Å². The van der Waals surface area contributed by atoms with Gasteiger partial charge in [-0.25, -0.2) is 4.79 Å². The fourth-order valence-electron chi connectivity index (χ4n) is 1.89. The first-order valence-electron chi connectivity index (χ1n) is 6.28. The fourth-order valence-corrected chi connectivity index (χ4v) is 1.89. The Morgan fingerprint density at radius 3 is 2.74 bits per heavy atom. The predicted octanol–water partition coefficient (Wildman–Crippen LogP) is 2.06. The second-order valence-corrected chi connectivity index (χ2v) is 5.48. The molecular formula is C14H18N4O. The fraction of sp³-hybridized carbons (Fsp3) is 0.429. The van der Waals surface area contributed by atoms with Gasteiger partial charge in [-0.2, -0.15) is 5.26 Å². The second kappa shape index (κ2) is 4.90. The summed E-state index contributed by atoms with van der Waals surface area (Å²) in [6.07, 6.45) is 0. The van der Waals surface area contributed by atoms with Crippen molar-refractivity contribution in [1.29, 1.82) is 5.26 Å². The van der Waals surface area contributed by atoms with Gasteiger partial charge in [-0.3, -0.25) is 0 Å². The third-order valence-electron chi connectivity index (χ3n) is 3.19. The zero-order chi connectivity index (χ0) is 14.0. The van der Waals surface area contributed by atoms with Crippen LogP contribution >= 0.6 is 0 Å². The molecular weight excluding hydrogens is 240 g/mol. The van der Waals surface area contributed by atoms with E-state index in [1.54, 1.807) is 0 Å². The van der Waals surface area contributed by atoms with E-state index in [1.807, 2.05) is 39.0 Å². The molecule has 0 aliphatic rings. The summed E-state index contributed by atoms with van der Waals surface area (Å²) >= 11 is 0. The van der Waals surface area contributed by atoms with Crippen molar-refractivity contribution in [2.45, 2.75) is 26.8 Å². The van der Waals surface area contributed by atoms with Gasteiger partial charge in [-0.15, -0.1) is 0 Å². The Balaban J connectivity index is 2.15. The van der Waals surface area contributed by atoms with Crippen LogP contribution in [0, 0.1) is 16.7 Å². The van der Waals surface area contributed by atoms with Crippen LogP contribution in [0.25, 0.3) is 11.0 Å². The van der Waals surface area contributed by atoms with Crippen molar-refractivity contribution in [1.82, 2.24) is 15.3 Å². The highest BCUT2D eigenvalue weighted by molar-refractivity contribution is 5.75. The summed E-state index contributed by atoms with van der Waals surface area (Å²) in [6.45, 7) is 6.46. The maximum atomic E-state index is 11.2. The Morgan fingerprint density at radius 1 is 1.37 bits per heavy atom. The monoisotopic (exact) mass is 258 g/mol. The molecule has 1 unspecified atom stereocenters. The van der Waals surface area contributed by atoms with Crippen LogP contribution in [0.3, 0.4) is 0 Å². The van der Waals surface area contributed by atoms with E-state index < -0.39 is 0 Å². The maximum absolute atomic E-state index is 11.2. The molecule has 19 heavy (non-hydrogen) atoms. The number of H-pyrrole nitrogens is 2. The number of rotatable bonds is 4. The smallest absolute Gasteiger partial charge is 0.309 e. The summed E-state index contributed by atoms with van der Waals surface area (Å²) in [5.41, 5.74) is 2.10. The molecule has 1 aromatic heterocycles. The van der Waals surface area contributed by atoms with E-state index in [9.17, 15) is 4.79 Å². The van der Waals surface area contributed by atoms with E-state index in [0.717, 1.165) is 16.6 Å². The molecule has 2 rings (SSSR count). The number of hydrogen-bond donors (Lipinski definition) is 3. The van der Waals surface area contributed by atoms with E-state index in [4.69, 9.17) is 5.26 Å². The highest BCUT2D eigenvalue weighted by Crippen LogP contribution is 2.19.